The maximum Gasteiger partial charge on any atom is 0.115 e. The van der Waals surface area contributed by atoms with E-state index < -0.39 is 0 Å². The molecule has 0 amide bonds. The molecule has 25 heavy (non-hydrogen) atoms. The molecule has 126 valence electrons. The number of hydrogen-bond acceptors (Lipinski definition) is 2. The molecule has 3 aromatic carbocycles. The molecule has 0 fully saturated rings. The van der Waals surface area contributed by atoms with Gasteiger partial charge < -0.3 is 5.32 Å². The van der Waals surface area contributed by atoms with Gasteiger partial charge in [-0.05, 0) is 41.3 Å². The van der Waals surface area contributed by atoms with Gasteiger partial charge in [0.25, 0.3) is 0 Å². The molecule has 1 aliphatic heterocycles. The molecule has 2 atom stereocenters. The van der Waals surface area contributed by atoms with Crippen molar-refractivity contribution in [3.63, 3.8) is 0 Å². The van der Waals surface area contributed by atoms with Crippen molar-refractivity contribution in [2.24, 2.45) is 0 Å². The van der Waals surface area contributed by atoms with Crippen molar-refractivity contribution in [3.8, 4) is 0 Å². The van der Waals surface area contributed by atoms with Crippen LogP contribution in [0.5, 0.6) is 0 Å². The first kappa shape index (κ1) is 16.2. The van der Waals surface area contributed by atoms with Crippen LogP contribution in [0.15, 0.2) is 78.9 Å². The minimum atomic E-state index is -0.317. The number of hydrogen-bond donors (Lipinski definition) is 2. The molecular weight excluding hydrogens is 328 g/mol. The van der Waals surface area contributed by atoms with Crippen LogP contribution < -0.4 is 10.6 Å². The second-order valence-electron chi connectivity index (χ2n) is 6.47. The lowest BCUT2D eigenvalue weighted by molar-refractivity contribution is 0.325. The predicted molar refractivity (Wildman–Crippen MR) is 105 cm³/mol. The monoisotopic (exact) mass is 348 g/mol. The van der Waals surface area contributed by atoms with E-state index in [1.807, 2.05) is 12.1 Å². The van der Waals surface area contributed by atoms with E-state index in [1.54, 1.807) is 0 Å². The lowest BCUT2D eigenvalue weighted by atomic mass is 9.86. The molecule has 0 spiro atoms. The van der Waals surface area contributed by atoms with Crippen molar-refractivity contribution in [2.45, 2.75) is 25.0 Å². The Balaban J connectivity index is 1.88. The van der Waals surface area contributed by atoms with Crippen LogP contribution in [0.1, 0.15) is 36.1 Å². The van der Waals surface area contributed by atoms with Crippen molar-refractivity contribution in [1.29, 1.82) is 0 Å². The first-order chi connectivity index (χ1) is 12.2. The molecule has 2 nitrogen and oxygen atoms in total. The summed E-state index contributed by atoms with van der Waals surface area (Å²) in [5, 5.41) is 8.35. The van der Waals surface area contributed by atoms with Crippen molar-refractivity contribution in [2.75, 3.05) is 5.32 Å². The number of anilines is 1. The molecule has 2 N–H and O–H groups in total. The highest BCUT2D eigenvalue weighted by atomic mass is 35.5. The Kier molecular flexibility index (Phi) is 4.24. The van der Waals surface area contributed by atoms with E-state index in [0.29, 0.717) is 0 Å². The molecular formula is C22H21ClN2. The topological polar surface area (TPSA) is 24.1 Å². The van der Waals surface area contributed by atoms with Crippen LogP contribution in [0.2, 0.25) is 5.02 Å². The SMILES string of the molecule is CC[C@]1(c2ccccc2)Nc2ccc(Cl)cc2[C@H](c2ccccc2)N1. The highest BCUT2D eigenvalue weighted by molar-refractivity contribution is 6.30. The van der Waals surface area contributed by atoms with Crippen molar-refractivity contribution < 1.29 is 0 Å². The van der Waals surface area contributed by atoms with Gasteiger partial charge >= 0.3 is 0 Å². The summed E-state index contributed by atoms with van der Waals surface area (Å²) in [6.07, 6.45) is 0.919. The lowest BCUT2D eigenvalue weighted by Gasteiger charge is -2.45. The third kappa shape index (κ3) is 2.92. The van der Waals surface area contributed by atoms with E-state index in [2.05, 4.69) is 84.3 Å². The van der Waals surface area contributed by atoms with Gasteiger partial charge in [-0.15, -0.1) is 0 Å². The summed E-state index contributed by atoms with van der Waals surface area (Å²) in [4.78, 5) is 0. The van der Waals surface area contributed by atoms with Gasteiger partial charge in [-0.2, -0.15) is 0 Å². The third-order valence-electron chi connectivity index (χ3n) is 4.99. The Morgan fingerprint density at radius 2 is 1.60 bits per heavy atom. The van der Waals surface area contributed by atoms with E-state index >= 15 is 0 Å². The molecule has 1 heterocycles. The number of rotatable bonds is 3. The van der Waals surface area contributed by atoms with Gasteiger partial charge in [0.15, 0.2) is 0 Å². The summed E-state index contributed by atoms with van der Waals surface area (Å²) >= 11 is 6.30. The number of halogens is 1. The summed E-state index contributed by atoms with van der Waals surface area (Å²) in [5.41, 5.74) is 4.46. The largest absolute Gasteiger partial charge is 0.363 e. The molecule has 1 aliphatic rings. The summed E-state index contributed by atoms with van der Waals surface area (Å²) in [5.74, 6) is 0. The number of fused-ring (bicyclic) bond motifs is 1. The van der Waals surface area contributed by atoms with Crippen molar-refractivity contribution in [1.82, 2.24) is 5.32 Å². The van der Waals surface area contributed by atoms with E-state index in [0.717, 1.165) is 17.1 Å². The Bertz CT molecular complexity index is 864. The average molecular weight is 349 g/mol. The average Bonchev–Trinajstić information content (AvgIpc) is 2.68. The van der Waals surface area contributed by atoms with Crippen LogP contribution in [0.25, 0.3) is 0 Å². The Morgan fingerprint density at radius 1 is 0.920 bits per heavy atom. The molecule has 3 heteroatoms. The number of benzene rings is 3. The fourth-order valence-electron chi connectivity index (χ4n) is 3.66. The quantitative estimate of drug-likeness (QED) is 0.633. The minimum Gasteiger partial charge on any atom is -0.363 e. The van der Waals surface area contributed by atoms with Crippen molar-refractivity contribution in [3.05, 3.63) is 101 Å². The van der Waals surface area contributed by atoms with Gasteiger partial charge in [0, 0.05) is 10.7 Å². The molecule has 4 rings (SSSR count). The minimum absolute atomic E-state index is 0.0799. The molecule has 3 aromatic rings. The van der Waals surface area contributed by atoms with Crippen molar-refractivity contribution >= 4 is 17.3 Å². The second kappa shape index (κ2) is 6.55. The van der Waals surface area contributed by atoms with E-state index in [9.17, 15) is 0 Å². The summed E-state index contributed by atoms with van der Waals surface area (Å²) in [6.45, 7) is 2.20. The predicted octanol–water partition coefficient (Wildman–Crippen LogP) is 5.71. The highest BCUT2D eigenvalue weighted by Crippen LogP contribution is 2.41. The standard InChI is InChI=1S/C22H21ClN2/c1-2-22(17-11-7-4-8-12-17)24-20-14-13-18(23)15-19(20)21(25-22)16-9-5-3-6-10-16/h3-15,21,24-25H,2H2,1H3/t21-,22-/m0/s1. The van der Waals surface area contributed by atoms with Gasteiger partial charge in [0.2, 0.25) is 0 Å². The maximum atomic E-state index is 6.30. The van der Waals surface area contributed by atoms with E-state index in [4.69, 9.17) is 11.6 Å². The fraction of sp³-hybridized carbons (Fsp3) is 0.182. The Hall–Kier alpha value is -2.29. The fourth-order valence-corrected chi connectivity index (χ4v) is 3.84. The summed E-state index contributed by atoms with van der Waals surface area (Å²) < 4.78 is 0. The second-order valence-corrected chi connectivity index (χ2v) is 6.91. The molecule has 0 unspecified atom stereocenters. The van der Waals surface area contributed by atoms with Crippen LogP contribution in [-0.2, 0) is 5.66 Å². The molecule has 0 aliphatic carbocycles. The molecule has 0 bridgehead atoms. The van der Waals surface area contributed by atoms with E-state index in [1.165, 1.54) is 16.7 Å². The van der Waals surface area contributed by atoms with Crippen LogP contribution in [0.3, 0.4) is 0 Å². The van der Waals surface area contributed by atoms with Gasteiger partial charge in [-0.3, -0.25) is 5.32 Å². The van der Waals surface area contributed by atoms with Gasteiger partial charge in [0.05, 0.1) is 6.04 Å². The Morgan fingerprint density at radius 3 is 2.28 bits per heavy atom. The lowest BCUT2D eigenvalue weighted by Crippen LogP contribution is -2.53. The number of nitrogens with one attached hydrogen (secondary N) is 2. The highest BCUT2D eigenvalue weighted by Gasteiger charge is 2.38. The van der Waals surface area contributed by atoms with Crippen LogP contribution >= 0.6 is 11.6 Å². The summed E-state index contributed by atoms with van der Waals surface area (Å²) in [6, 6.07) is 27.3. The first-order valence-electron chi connectivity index (χ1n) is 8.68. The summed E-state index contributed by atoms with van der Waals surface area (Å²) in [7, 11) is 0. The molecule has 0 saturated carbocycles. The zero-order chi connectivity index (χ0) is 17.3. The van der Waals surface area contributed by atoms with Crippen LogP contribution in [0.4, 0.5) is 5.69 Å². The normalized spacial score (nSPS) is 22.1. The smallest absolute Gasteiger partial charge is 0.115 e. The zero-order valence-electron chi connectivity index (χ0n) is 14.2. The van der Waals surface area contributed by atoms with Crippen LogP contribution in [0, 0.1) is 0 Å². The van der Waals surface area contributed by atoms with Gasteiger partial charge in [0.1, 0.15) is 5.66 Å². The van der Waals surface area contributed by atoms with Crippen LogP contribution in [-0.4, -0.2) is 0 Å². The molecule has 0 radical (unpaired) electrons. The first-order valence-corrected chi connectivity index (χ1v) is 9.05. The molecule has 0 saturated heterocycles. The third-order valence-corrected chi connectivity index (χ3v) is 5.23. The van der Waals surface area contributed by atoms with Gasteiger partial charge in [-0.1, -0.05) is 79.2 Å². The molecule has 0 aromatic heterocycles. The zero-order valence-corrected chi connectivity index (χ0v) is 14.9. The maximum absolute atomic E-state index is 6.30. The van der Waals surface area contributed by atoms with Gasteiger partial charge in [-0.25, -0.2) is 0 Å². The Labute approximate surface area is 153 Å². The van der Waals surface area contributed by atoms with E-state index in [-0.39, 0.29) is 11.7 Å².